The first-order valence-electron chi connectivity index (χ1n) is 9.21. The maximum absolute atomic E-state index is 13.0. The molecule has 162 valence electrons. The highest BCUT2D eigenvalue weighted by atomic mass is 32.2. The number of carbonyl (C=O) groups excluding carboxylic acids is 2. The molecule has 0 saturated carbocycles. The summed E-state index contributed by atoms with van der Waals surface area (Å²) in [7, 11) is 0. The minimum atomic E-state index is -0.803. The fourth-order valence-electron chi connectivity index (χ4n) is 2.86. The zero-order valence-corrected chi connectivity index (χ0v) is 18.0. The lowest BCUT2D eigenvalue weighted by Crippen LogP contribution is -2.32. The van der Waals surface area contributed by atoms with Crippen LogP contribution in [0.3, 0.4) is 0 Å². The maximum atomic E-state index is 13.0. The summed E-state index contributed by atoms with van der Waals surface area (Å²) in [6.07, 6.45) is 0. The molecule has 0 fully saturated rings. The number of thioether (sulfide) groups is 1. The molecule has 3 N–H and O–H groups in total. The van der Waals surface area contributed by atoms with Crippen molar-refractivity contribution in [3.63, 3.8) is 0 Å². The molecule has 0 aliphatic carbocycles. The average Bonchev–Trinajstić information content (AvgIpc) is 3.22. The topological polar surface area (TPSA) is 133 Å². The van der Waals surface area contributed by atoms with Crippen LogP contribution in [0.15, 0.2) is 57.7 Å². The Morgan fingerprint density at radius 1 is 1.09 bits per heavy atom. The molecule has 32 heavy (non-hydrogen) atoms. The lowest BCUT2D eigenvalue weighted by molar-refractivity contribution is -0.117. The number of anilines is 1. The predicted octanol–water partition coefficient (Wildman–Crippen LogP) is 2.42. The molecule has 2 aromatic carbocycles. The summed E-state index contributed by atoms with van der Waals surface area (Å²) in [6.45, 7) is -0.429. The summed E-state index contributed by atoms with van der Waals surface area (Å²) in [5, 5.41) is 15.3. The van der Waals surface area contributed by atoms with Crippen LogP contribution in [0.2, 0.25) is 0 Å². The number of nitrogens with zero attached hydrogens (tertiary/aromatic N) is 4. The van der Waals surface area contributed by atoms with Crippen molar-refractivity contribution in [1.29, 1.82) is 0 Å². The van der Waals surface area contributed by atoms with Gasteiger partial charge in [-0.3, -0.25) is 19.7 Å². The Kier molecular flexibility index (Phi) is 6.23. The molecule has 4 aromatic rings. The fraction of sp³-hybridized carbons (Fsp3) is 0.100. The van der Waals surface area contributed by atoms with Gasteiger partial charge < -0.3 is 5.73 Å². The van der Waals surface area contributed by atoms with E-state index in [2.05, 4.69) is 20.6 Å². The van der Waals surface area contributed by atoms with Crippen molar-refractivity contribution >= 4 is 50.8 Å². The van der Waals surface area contributed by atoms with E-state index in [0.29, 0.717) is 15.5 Å². The average molecular weight is 471 g/mol. The summed E-state index contributed by atoms with van der Waals surface area (Å²) in [6, 6.07) is 12.5. The summed E-state index contributed by atoms with van der Waals surface area (Å²) in [5.74, 6) is -1.10. The highest BCUT2D eigenvalue weighted by Gasteiger charge is 2.17. The number of nitrogens with two attached hydrogens (primary N) is 1. The van der Waals surface area contributed by atoms with E-state index < -0.39 is 23.9 Å². The van der Waals surface area contributed by atoms with Gasteiger partial charge >= 0.3 is 0 Å². The Morgan fingerprint density at radius 3 is 2.53 bits per heavy atom. The molecular weight excluding hydrogens is 455 g/mol. The van der Waals surface area contributed by atoms with Crippen molar-refractivity contribution in [2.24, 2.45) is 5.73 Å². The number of benzene rings is 2. The van der Waals surface area contributed by atoms with Gasteiger partial charge in [0.1, 0.15) is 12.4 Å². The Bertz CT molecular complexity index is 1370. The second-order valence-corrected chi connectivity index (χ2v) is 8.76. The summed E-state index contributed by atoms with van der Waals surface area (Å²) in [5.41, 5.74) is 5.69. The van der Waals surface area contributed by atoms with Crippen molar-refractivity contribution in [2.45, 2.75) is 16.6 Å². The summed E-state index contributed by atoms with van der Waals surface area (Å²) < 4.78 is 14.5. The van der Waals surface area contributed by atoms with Crippen LogP contribution >= 0.6 is 23.1 Å². The Labute approximate surface area is 188 Å². The minimum absolute atomic E-state index is 0.0941. The lowest BCUT2D eigenvalue weighted by atomic mass is 10.1. The Morgan fingerprint density at radius 2 is 1.81 bits per heavy atom. The van der Waals surface area contributed by atoms with Gasteiger partial charge in [0, 0.05) is 11.1 Å². The molecule has 0 aliphatic heterocycles. The third-order valence-electron chi connectivity index (χ3n) is 4.32. The van der Waals surface area contributed by atoms with Gasteiger partial charge in [-0.1, -0.05) is 53.4 Å². The van der Waals surface area contributed by atoms with Crippen molar-refractivity contribution in [3.8, 4) is 0 Å². The van der Waals surface area contributed by atoms with E-state index in [1.165, 1.54) is 30.0 Å². The largest absolute Gasteiger partial charge is 0.364 e. The van der Waals surface area contributed by atoms with Gasteiger partial charge in [0.15, 0.2) is 10.0 Å². The highest BCUT2D eigenvalue weighted by Crippen LogP contribution is 2.28. The summed E-state index contributed by atoms with van der Waals surface area (Å²) in [4.78, 5) is 36.8. The molecule has 0 spiro atoms. The minimum Gasteiger partial charge on any atom is -0.364 e. The van der Waals surface area contributed by atoms with Crippen molar-refractivity contribution in [3.05, 3.63) is 76.0 Å². The van der Waals surface area contributed by atoms with E-state index in [9.17, 15) is 18.8 Å². The van der Waals surface area contributed by atoms with Gasteiger partial charge in [-0.05, 0) is 23.8 Å². The molecule has 0 saturated heterocycles. The van der Waals surface area contributed by atoms with Crippen LogP contribution in [-0.2, 0) is 17.1 Å². The van der Waals surface area contributed by atoms with E-state index >= 15 is 0 Å². The van der Waals surface area contributed by atoms with Crippen LogP contribution in [0.25, 0.3) is 10.8 Å². The number of hydrogen-bond acceptors (Lipinski definition) is 8. The van der Waals surface area contributed by atoms with E-state index in [1.807, 2.05) is 0 Å². The predicted molar refractivity (Wildman–Crippen MR) is 119 cm³/mol. The van der Waals surface area contributed by atoms with Crippen LogP contribution in [0.4, 0.5) is 9.52 Å². The molecule has 0 aliphatic rings. The van der Waals surface area contributed by atoms with Gasteiger partial charge in [0.25, 0.3) is 11.5 Å². The number of rotatable bonds is 7. The van der Waals surface area contributed by atoms with Crippen molar-refractivity contribution < 1.29 is 14.0 Å². The third kappa shape index (κ3) is 4.81. The Balaban J connectivity index is 1.45. The van der Waals surface area contributed by atoms with Gasteiger partial charge in [-0.25, -0.2) is 9.07 Å². The molecular formula is C20H15FN6O3S2. The van der Waals surface area contributed by atoms with Gasteiger partial charge in [-0.15, -0.1) is 10.2 Å². The number of primary amides is 1. The fourth-order valence-corrected chi connectivity index (χ4v) is 4.59. The van der Waals surface area contributed by atoms with E-state index in [1.54, 1.807) is 30.3 Å². The van der Waals surface area contributed by atoms with Gasteiger partial charge in [0.2, 0.25) is 11.0 Å². The number of nitrogens with one attached hydrogen (secondary N) is 1. The van der Waals surface area contributed by atoms with Crippen LogP contribution in [-0.4, -0.2) is 31.8 Å². The lowest BCUT2D eigenvalue weighted by Gasteiger charge is -2.08. The zero-order chi connectivity index (χ0) is 22.7. The normalized spacial score (nSPS) is 10.9. The monoisotopic (exact) mass is 470 g/mol. The first kappa shape index (κ1) is 21.6. The maximum Gasteiger partial charge on any atom is 0.275 e. The van der Waals surface area contributed by atoms with Crippen molar-refractivity contribution in [1.82, 2.24) is 20.0 Å². The van der Waals surface area contributed by atoms with Gasteiger partial charge in [0.05, 0.1) is 5.39 Å². The number of carbonyl (C=O) groups is 2. The molecule has 2 amide bonds. The van der Waals surface area contributed by atoms with Crippen LogP contribution < -0.4 is 16.6 Å². The number of halogens is 1. The first-order chi connectivity index (χ1) is 15.4. The number of hydrogen-bond donors (Lipinski definition) is 2. The molecule has 0 bridgehead atoms. The van der Waals surface area contributed by atoms with E-state index in [0.717, 1.165) is 21.6 Å². The Hall–Kier alpha value is -3.64. The third-order valence-corrected chi connectivity index (χ3v) is 6.37. The number of amides is 2. The SMILES string of the molecule is NC(=O)c1nn(CC(=O)Nc2nnc(SCc3ccc(F)cc3)s2)c(=O)c2ccccc12. The second-order valence-electron chi connectivity index (χ2n) is 6.56. The molecule has 9 nitrogen and oxygen atoms in total. The van der Waals surface area contributed by atoms with Crippen LogP contribution in [0.5, 0.6) is 0 Å². The van der Waals surface area contributed by atoms with E-state index in [4.69, 9.17) is 5.73 Å². The van der Waals surface area contributed by atoms with E-state index in [-0.39, 0.29) is 22.0 Å². The molecule has 4 rings (SSSR count). The van der Waals surface area contributed by atoms with Crippen molar-refractivity contribution in [2.75, 3.05) is 5.32 Å². The zero-order valence-electron chi connectivity index (χ0n) is 16.3. The first-order valence-corrected chi connectivity index (χ1v) is 11.0. The van der Waals surface area contributed by atoms with Gasteiger partial charge in [-0.2, -0.15) is 5.10 Å². The summed E-state index contributed by atoms with van der Waals surface area (Å²) >= 11 is 2.55. The smallest absolute Gasteiger partial charge is 0.275 e. The number of fused-ring (bicyclic) bond motifs is 1. The molecule has 2 aromatic heterocycles. The quantitative estimate of drug-likeness (QED) is 0.313. The highest BCUT2D eigenvalue weighted by molar-refractivity contribution is 8.00. The second kappa shape index (κ2) is 9.24. The molecule has 12 heteroatoms. The van der Waals surface area contributed by atoms with Crippen LogP contribution in [0, 0.1) is 5.82 Å². The molecule has 0 radical (unpaired) electrons. The van der Waals surface area contributed by atoms with Crippen LogP contribution in [0.1, 0.15) is 16.1 Å². The number of aromatic nitrogens is 4. The molecule has 0 atom stereocenters. The standard InChI is InChI=1S/C20H15FN6O3S2/c21-12-7-5-11(6-8-12)10-31-20-25-24-19(32-20)23-15(28)9-27-18(30)14-4-2-1-3-13(14)16(26-27)17(22)29/h1-8H,9-10H2,(H2,22,29)(H,23,24,28). The molecule has 2 heterocycles. The molecule has 0 unspecified atom stereocenters.